The quantitative estimate of drug-likeness (QED) is 0.533. The van der Waals surface area contributed by atoms with Crippen molar-refractivity contribution in [3.63, 3.8) is 0 Å². The fourth-order valence-electron chi connectivity index (χ4n) is 5.58. The molecule has 6 rings (SSSR count). The highest BCUT2D eigenvalue weighted by molar-refractivity contribution is 9.10. The molecule has 1 saturated heterocycles. The minimum absolute atomic E-state index is 0.0325. The Labute approximate surface area is 213 Å². The Hall–Kier alpha value is -3.13. The van der Waals surface area contributed by atoms with Gasteiger partial charge in [-0.05, 0) is 59.0 Å². The van der Waals surface area contributed by atoms with Crippen molar-refractivity contribution >= 4 is 33.3 Å². The molecule has 2 unspecified atom stereocenters. The van der Waals surface area contributed by atoms with Gasteiger partial charge in [0.05, 0.1) is 18.5 Å². The van der Waals surface area contributed by atoms with E-state index >= 15 is 0 Å². The maximum atomic E-state index is 13.0. The van der Waals surface area contributed by atoms with Crippen molar-refractivity contribution in [1.29, 1.82) is 0 Å². The Morgan fingerprint density at radius 2 is 1.94 bits per heavy atom. The smallest absolute Gasteiger partial charge is 0.251 e. The largest absolute Gasteiger partial charge is 0.493 e. The second-order valence-corrected chi connectivity index (χ2v) is 10.5. The molecule has 1 spiro atoms. The zero-order chi connectivity index (χ0) is 23.8. The van der Waals surface area contributed by atoms with Gasteiger partial charge in [-0.1, -0.05) is 18.2 Å². The van der Waals surface area contributed by atoms with Gasteiger partial charge in [-0.15, -0.1) is 0 Å². The average Bonchev–Trinajstić information content (AvgIpc) is 3.60. The molecule has 35 heavy (non-hydrogen) atoms. The molecule has 2 aromatic heterocycles. The summed E-state index contributed by atoms with van der Waals surface area (Å²) < 4.78 is 6.83. The normalized spacial score (nSPS) is 22.9. The average molecular weight is 534 g/mol. The van der Waals surface area contributed by atoms with E-state index in [1.165, 1.54) is 5.56 Å². The molecule has 1 amide bonds. The number of nitrogens with one attached hydrogen (secondary N) is 1. The molecule has 7 nitrogen and oxygen atoms in total. The Bertz CT molecular complexity index is 1250. The summed E-state index contributed by atoms with van der Waals surface area (Å²) >= 11 is 3.50. The number of hydrogen-bond acceptors (Lipinski definition) is 6. The molecule has 0 radical (unpaired) electrons. The summed E-state index contributed by atoms with van der Waals surface area (Å²) in [6, 6.07) is 14.1. The number of anilines is 2. The molecule has 2 atom stereocenters. The third-order valence-electron chi connectivity index (χ3n) is 7.64. The molecule has 2 aliphatic heterocycles. The standard InChI is InChI=1S/C27H28BrN5O2/c28-21-14-22(18-29-17-21)32-8-10-33(11-9-32)25-13-19(5-7-30-25)26(34)31-16-20-15-27(20)6-12-35-24-4-2-1-3-23(24)27/h1-5,7,13-14,17-18,20H,6,8-12,15-16H2,(H,31,34). The van der Waals surface area contributed by atoms with Crippen LogP contribution in [-0.2, 0) is 5.41 Å². The van der Waals surface area contributed by atoms with Crippen molar-refractivity contribution in [2.75, 3.05) is 49.1 Å². The first-order chi connectivity index (χ1) is 17.1. The maximum Gasteiger partial charge on any atom is 0.251 e. The lowest BCUT2D eigenvalue weighted by Gasteiger charge is -2.36. The minimum atomic E-state index is -0.0325. The van der Waals surface area contributed by atoms with Gasteiger partial charge in [-0.3, -0.25) is 9.78 Å². The molecule has 0 bridgehead atoms. The number of ether oxygens (including phenoxy) is 1. The van der Waals surface area contributed by atoms with Crippen molar-refractivity contribution in [2.24, 2.45) is 5.92 Å². The van der Waals surface area contributed by atoms with Gasteiger partial charge in [-0.2, -0.15) is 0 Å². The molecule has 4 heterocycles. The summed E-state index contributed by atoms with van der Waals surface area (Å²) in [7, 11) is 0. The van der Waals surface area contributed by atoms with Gasteiger partial charge in [0.2, 0.25) is 0 Å². The molecule has 1 saturated carbocycles. The lowest BCUT2D eigenvalue weighted by Crippen LogP contribution is -2.47. The fraction of sp³-hybridized carbons (Fsp3) is 0.370. The van der Waals surface area contributed by atoms with Crippen molar-refractivity contribution in [2.45, 2.75) is 18.3 Å². The maximum absolute atomic E-state index is 13.0. The van der Waals surface area contributed by atoms with E-state index < -0.39 is 0 Å². The highest BCUT2D eigenvalue weighted by atomic mass is 79.9. The molecule has 1 N–H and O–H groups in total. The molecule has 1 aromatic carbocycles. The highest BCUT2D eigenvalue weighted by Crippen LogP contribution is 2.60. The lowest BCUT2D eigenvalue weighted by atomic mass is 9.87. The van der Waals surface area contributed by atoms with Crippen LogP contribution in [0.3, 0.4) is 0 Å². The van der Waals surface area contributed by atoms with Crippen LogP contribution >= 0.6 is 15.9 Å². The summed E-state index contributed by atoms with van der Waals surface area (Å²) in [4.78, 5) is 26.4. The topological polar surface area (TPSA) is 70.6 Å². The Kier molecular flexibility index (Phi) is 5.84. The van der Waals surface area contributed by atoms with Crippen molar-refractivity contribution in [1.82, 2.24) is 15.3 Å². The summed E-state index contributed by atoms with van der Waals surface area (Å²) in [5.41, 5.74) is 3.24. The number of carbonyl (C=O) groups is 1. The number of carbonyl (C=O) groups excluding carboxylic acids is 1. The summed E-state index contributed by atoms with van der Waals surface area (Å²) in [6.45, 7) is 4.88. The number of para-hydroxylation sites is 1. The number of halogens is 1. The fourth-order valence-corrected chi connectivity index (χ4v) is 5.94. The highest BCUT2D eigenvalue weighted by Gasteiger charge is 2.57. The van der Waals surface area contributed by atoms with Crippen LogP contribution in [0.2, 0.25) is 0 Å². The molecule has 8 heteroatoms. The number of aromatic nitrogens is 2. The van der Waals surface area contributed by atoms with Crippen molar-refractivity contribution in [3.05, 3.63) is 76.7 Å². The van der Waals surface area contributed by atoms with E-state index in [0.29, 0.717) is 18.0 Å². The van der Waals surface area contributed by atoms with E-state index in [1.54, 1.807) is 18.5 Å². The van der Waals surface area contributed by atoms with Crippen LogP contribution in [0.4, 0.5) is 11.5 Å². The Morgan fingerprint density at radius 1 is 1.11 bits per heavy atom. The zero-order valence-corrected chi connectivity index (χ0v) is 21.1. The van der Waals surface area contributed by atoms with Gasteiger partial charge in [0, 0.05) is 66.1 Å². The van der Waals surface area contributed by atoms with Gasteiger partial charge in [-0.25, -0.2) is 4.98 Å². The van der Waals surface area contributed by atoms with Crippen LogP contribution in [0.1, 0.15) is 28.8 Å². The van der Waals surface area contributed by atoms with Crippen LogP contribution in [0.15, 0.2) is 65.5 Å². The van der Waals surface area contributed by atoms with E-state index in [-0.39, 0.29) is 11.3 Å². The molecular weight excluding hydrogens is 506 g/mol. The third-order valence-corrected chi connectivity index (χ3v) is 8.07. The van der Waals surface area contributed by atoms with Crippen molar-refractivity contribution < 1.29 is 9.53 Å². The van der Waals surface area contributed by atoms with Crippen LogP contribution < -0.4 is 19.9 Å². The summed E-state index contributed by atoms with van der Waals surface area (Å²) in [6.07, 6.45) is 7.56. The van der Waals surface area contributed by atoms with Gasteiger partial charge in [0.15, 0.2) is 0 Å². The van der Waals surface area contributed by atoms with E-state index in [9.17, 15) is 4.79 Å². The molecule has 3 aliphatic rings. The molecular formula is C27H28BrN5O2. The SMILES string of the molecule is O=C(NCC1CC12CCOc1ccccc12)c1ccnc(N2CCN(c3cncc(Br)c3)CC2)c1. The Balaban J connectivity index is 1.06. The van der Waals surface area contributed by atoms with Crippen LogP contribution in [0, 0.1) is 5.92 Å². The molecule has 180 valence electrons. The molecule has 1 aliphatic carbocycles. The van der Waals surface area contributed by atoms with Crippen molar-refractivity contribution in [3.8, 4) is 5.75 Å². The molecule has 2 fully saturated rings. The summed E-state index contributed by atoms with van der Waals surface area (Å²) in [5, 5.41) is 3.18. The van der Waals surface area contributed by atoms with E-state index in [1.807, 2.05) is 18.3 Å². The number of pyridine rings is 2. The number of amides is 1. The van der Waals surface area contributed by atoms with Crippen LogP contribution in [0.25, 0.3) is 0 Å². The number of benzene rings is 1. The first-order valence-electron chi connectivity index (χ1n) is 12.2. The lowest BCUT2D eigenvalue weighted by molar-refractivity contribution is 0.0950. The number of nitrogens with zero attached hydrogens (tertiary/aromatic N) is 4. The van der Waals surface area contributed by atoms with Crippen LogP contribution in [-0.4, -0.2) is 55.2 Å². The van der Waals surface area contributed by atoms with Gasteiger partial charge >= 0.3 is 0 Å². The number of rotatable bonds is 5. The number of hydrogen-bond donors (Lipinski definition) is 1. The second-order valence-electron chi connectivity index (χ2n) is 9.60. The first-order valence-corrected chi connectivity index (χ1v) is 13.0. The number of piperazine rings is 1. The third kappa shape index (κ3) is 4.35. The van der Waals surface area contributed by atoms with E-state index in [2.05, 4.69) is 65.3 Å². The second kappa shape index (κ2) is 9.15. The van der Waals surface area contributed by atoms with Crippen LogP contribution in [0.5, 0.6) is 5.75 Å². The minimum Gasteiger partial charge on any atom is -0.493 e. The Morgan fingerprint density at radius 3 is 2.80 bits per heavy atom. The first kappa shape index (κ1) is 22.3. The molecule has 3 aromatic rings. The van der Waals surface area contributed by atoms with Gasteiger partial charge in [0.1, 0.15) is 11.6 Å². The predicted octanol–water partition coefficient (Wildman–Crippen LogP) is 4.04. The van der Waals surface area contributed by atoms with Gasteiger partial charge < -0.3 is 19.9 Å². The van der Waals surface area contributed by atoms with E-state index in [0.717, 1.165) is 67.4 Å². The van der Waals surface area contributed by atoms with Gasteiger partial charge in [0.25, 0.3) is 5.91 Å². The summed E-state index contributed by atoms with van der Waals surface area (Å²) in [5.74, 6) is 2.28. The van der Waals surface area contributed by atoms with E-state index in [4.69, 9.17) is 4.74 Å². The predicted molar refractivity (Wildman–Crippen MR) is 139 cm³/mol. The monoisotopic (exact) mass is 533 g/mol. The zero-order valence-electron chi connectivity index (χ0n) is 19.5. The number of fused-ring (bicyclic) bond motifs is 2.